The fourth-order valence-electron chi connectivity index (χ4n) is 4.91. The molecule has 0 bridgehead atoms. The van der Waals surface area contributed by atoms with Crippen molar-refractivity contribution < 1.29 is 27.5 Å². The van der Waals surface area contributed by atoms with E-state index in [0.717, 1.165) is 30.8 Å². The van der Waals surface area contributed by atoms with Gasteiger partial charge in [-0.3, -0.25) is 14.5 Å². The second kappa shape index (κ2) is 12.1. The van der Waals surface area contributed by atoms with E-state index in [1.807, 2.05) is 17.0 Å². The van der Waals surface area contributed by atoms with Gasteiger partial charge in [-0.05, 0) is 81.3 Å². The predicted molar refractivity (Wildman–Crippen MR) is 135 cm³/mol. The number of carbonyl (C=O) groups is 2. The summed E-state index contributed by atoms with van der Waals surface area (Å²) in [7, 11) is 0. The Kier molecular flexibility index (Phi) is 8.87. The lowest BCUT2D eigenvalue weighted by Crippen LogP contribution is -2.49. The monoisotopic (exact) mass is 517 g/mol. The van der Waals surface area contributed by atoms with Gasteiger partial charge in [0.25, 0.3) is 5.91 Å². The zero-order chi connectivity index (χ0) is 26.4. The Balaban J connectivity index is 1.18. The smallest absolute Gasteiger partial charge is 0.416 e. The van der Waals surface area contributed by atoms with Crippen LogP contribution in [0.2, 0.25) is 0 Å². The second-order valence-electron chi connectivity index (χ2n) is 9.82. The van der Waals surface area contributed by atoms with Gasteiger partial charge in [-0.15, -0.1) is 0 Å². The fraction of sp³-hybridized carbons (Fsp3) is 0.500. The Labute approximate surface area is 216 Å². The number of likely N-dealkylation sites (tertiary alicyclic amines) is 1. The van der Waals surface area contributed by atoms with Gasteiger partial charge in [0.15, 0.2) is 5.78 Å². The third-order valence-corrected chi connectivity index (χ3v) is 7.21. The Morgan fingerprint density at radius 1 is 0.919 bits per heavy atom. The number of amides is 1. The molecule has 2 saturated heterocycles. The molecule has 9 heteroatoms. The van der Waals surface area contributed by atoms with Gasteiger partial charge in [0.05, 0.1) is 18.7 Å². The highest BCUT2D eigenvalue weighted by Crippen LogP contribution is 2.29. The molecule has 2 aromatic carbocycles. The lowest BCUT2D eigenvalue weighted by atomic mass is 10.1. The number of ketones is 1. The van der Waals surface area contributed by atoms with Gasteiger partial charge in [-0.1, -0.05) is 0 Å². The van der Waals surface area contributed by atoms with E-state index in [9.17, 15) is 22.8 Å². The van der Waals surface area contributed by atoms with E-state index in [1.165, 1.54) is 31.5 Å². The lowest BCUT2D eigenvalue weighted by molar-refractivity contribution is -0.137. The van der Waals surface area contributed by atoms with Gasteiger partial charge in [-0.25, -0.2) is 0 Å². The standard InChI is InChI=1S/C28H34F3N3O3/c1-21-4-2-13-33(21)14-3-19-37-25-11-7-22(8-12-25)26(35)20-32-15-17-34(18-16-32)27(36)23-5-9-24(10-6-23)28(29,30)31/h5-12,21H,2-4,13-20H2,1H3. The highest BCUT2D eigenvalue weighted by Gasteiger charge is 2.31. The van der Waals surface area contributed by atoms with Crippen molar-refractivity contribution in [2.75, 3.05) is 52.4 Å². The van der Waals surface area contributed by atoms with Gasteiger partial charge < -0.3 is 14.5 Å². The van der Waals surface area contributed by atoms with Crippen molar-refractivity contribution in [3.05, 3.63) is 65.2 Å². The molecule has 200 valence electrons. The van der Waals surface area contributed by atoms with Gasteiger partial charge in [0.1, 0.15) is 5.75 Å². The van der Waals surface area contributed by atoms with Crippen LogP contribution in [0, 0.1) is 0 Å². The summed E-state index contributed by atoms with van der Waals surface area (Å²) in [6.07, 6.45) is -0.918. The van der Waals surface area contributed by atoms with E-state index < -0.39 is 11.7 Å². The van der Waals surface area contributed by atoms with Crippen LogP contribution in [0.5, 0.6) is 5.75 Å². The van der Waals surface area contributed by atoms with E-state index in [2.05, 4.69) is 11.8 Å². The number of halogens is 3. The molecule has 2 fully saturated rings. The molecule has 2 heterocycles. The minimum Gasteiger partial charge on any atom is -0.494 e. The molecule has 0 radical (unpaired) electrons. The van der Waals surface area contributed by atoms with Gasteiger partial charge in [0.2, 0.25) is 0 Å². The minimum atomic E-state index is -4.43. The number of nitrogens with zero attached hydrogens (tertiary/aromatic N) is 3. The molecule has 0 aromatic heterocycles. The Morgan fingerprint density at radius 3 is 2.16 bits per heavy atom. The van der Waals surface area contributed by atoms with Crippen LogP contribution in [0.4, 0.5) is 13.2 Å². The van der Waals surface area contributed by atoms with E-state index >= 15 is 0 Å². The summed E-state index contributed by atoms with van der Waals surface area (Å²) in [5.74, 6) is 0.448. The van der Waals surface area contributed by atoms with Crippen molar-refractivity contribution in [3.63, 3.8) is 0 Å². The number of hydrogen-bond donors (Lipinski definition) is 0. The highest BCUT2D eigenvalue weighted by atomic mass is 19.4. The molecule has 37 heavy (non-hydrogen) atoms. The number of ether oxygens (including phenoxy) is 1. The maximum absolute atomic E-state index is 12.8. The van der Waals surface area contributed by atoms with Crippen LogP contribution in [0.1, 0.15) is 52.5 Å². The van der Waals surface area contributed by atoms with Crippen LogP contribution in [0.25, 0.3) is 0 Å². The van der Waals surface area contributed by atoms with Crippen LogP contribution in [-0.2, 0) is 6.18 Å². The van der Waals surface area contributed by atoms with E-state index in [0.29, 0.717) is 44.4 Å². The summed E-state index contributed by atoms with van der Waals surface area (Å²) in [6, 6.07) is 12.1. The van der Waals surface area contributed by atoms with Crippen LogP contribution in [0.15, 0.2) is 48.5 Å². The topological polar surface area (TPSA) is 53.1 Å². The molecule has 0 aliphatic carbocycles. The van der Waals surface area contributed by atoms with Gasteiger partial charge in [-0.2, -0.15) is 13.2 Å². The van der Waals surface area contributed by atoms with Crippen LogP contribution < -0.4 is 4.74 Å². The average molecular weight is 518 g/mol. The highest BCUT2D eigenvalue weighted by molar-refractivity contribution is 5.97. The normalized spacial score (nSPS) is 19.2. The van der Waals surface area contributed by atoms with Crippen molar-refractivity contribution in [2.45, 2.75) is 38.4 Å². The molecule has 6 nitrogen and oxygen atoms in total. The molecular formula is C28H34F3N3O3. The minimum absolute atomic E-state index is 0.00270. The zero-order valence-corrected chi connectivity index (χ0v) is 21.2. The number of hydrogen-bond acceptors (Lipinski definition) is 5. The number of benzene rings is 2. The van der Waals surface area contributed by atoms with Gasteiger partial charge >= 0.3 is 6.18 Å². The first-order valence-electron chi connectivity index (χ1n) is 12.9. The largest absolute Gasteiger partial charge is 0.494 e. The maximum Gasteiger partial charge on any atom is 0.416 e. The molecule has 2 aliphatic heterocycles. The number of rotatable bonds is 9. The molecule has 0 spiro atoms. The summed E-state index contributed by atoms with van der Waals surface area (Å²) < 4.78 is 44.1. The van der Waals surface area contributed by atoms with E-state index in [-0.39, 0.29) is 23.8 Å². The molecule has 1 atom stereocenters. The second-order valence-corrected chi connectivity index (χ2v) is 9.82. The quantitative estimate of drug-likeness (QED) is 0.360. The van der Waals surface area contributed by atoms with Gasteiger partial charge in [0, 0.05) is 49.9 Å². The van der Waals surface area contributed by atoms with Crippen molar-refractivity contribution in [2.24, 2.45) is 0 Å². The van der Waals surface area contributed by atoms with Crippen LogP contribution in [0.3, 0.4) is 0 Å². The van der Waals surface area contributed by atoms with Crippen LogP contribution >= 0.6 is 0 Å². The Bertz CT molecular complexity index is 1050. The number of alkyl halides is 3. The maximum atomic E-state index is 12.8. The van der Waals surface area contributed by atoms with Crippen molar-refractivity contribution in [3.8, 4) is 5.75 Å². The molecule has 2 aliphatic rings. The Hall–Kier alpha value is -2.91. The zero-order valence-electron chi connectivity index (χ0n) is 21.2. The lowest BCUT2D eigenvalue weighted by Gasteiger charge is -2.34. The van der Waals surface area contributed by atoms with Crippen molar-refractivity contribution in [1.82, 2.24) is 14.7 Å². The van der Waals surface area contributed by atoms with Crippen molar-refractivity contribution >= 4 is 11.7 Å². The third-order valence-electron chi connectivity index (χ3n) is 7.21. The number of piperazine rings is 1. The molecule has 1 unspecified atom stereocenters. The predicted octanol–water partition coefficient (Wildman–Crippen LogP) is 4.60. The first-order valence-corrected chi connectivity index (χ1v) is 12.9. The van der Waals surface area contributed by atoms with E-state index in [4.69, 9.17) is 4.74 Å². The van der Waals surface area contributed by atoms with E-state index in [1.54, 1.807) is 17.0 Å². The average Bonchev–Trinajstić information content (AvgIpc) is 3.31. The summed E-state index contributed by atoms with van der Waals surface area (Å²) in [4.78, 5) is 31.5. The summed E-state index contributed by atoms with van der Waals surface area (Å²) in [5, 5.41) is 0. The molecule has 1 amide bonds. The molecular weight excluding hydrogens is 483 g/mol. The molecule has 2 aromatic rings. The first kappa shape index (κ1) is 27.1. The number of Topliss-reactive ketones (excluding diaryl/α,β-unsaturated/α-hetero) is 1. The summed E-state index contributed by atoms with van der Waals surface area (Å²) >= 11 is 0. The summed E-state index contributed by atoms with van der Waals surface area (Å²) in [5.41, 5.74) is 0.0612. The number of carbonyl (C=O) groups excluding carboxylic acids is 2. The third kappa shape index (κ3) is 7.32. The molecule has 4 rings (SSSR count). The van der Waals surface area contributed by atoms with Crippen LogP contribution in [-0.4, -0.2) is 84.9 Å². The molecule has 0 saturated carbocycles. The summed E-state index contributed by atoms with van der Waals surface area (Å²) in [6.45, 7) is 7.24. The Morgan fingerprint density at radius 2 is 1.57 bits per heavy atom. The van der Waals surface area contributed by atoms with Crippen molar-refractivity contribution in [1.29, 1.82) is 0 Å². The fourth-order valence-corrected chi connectivity index (χ4v) is 4.91. The molecule has 0 N–H and O–H groups in total. The first-order chi connectivity index (χ1) is 17.7. The SMILES string of the molecule is CC1CCCN1CCCOc1ccc(C(=O)CN2CCN(C(=O)c3ccc(C(F)(F)F)cc3)CC2)cc1.